The summed E-state index contributed by atoms with van der Waals surface area (Å²) in [6.07, 6.45) is 0.869. The Morgan fingerprint density at radius 2 is 1.97 bits per heavy atom. The van der Waals surface area contributed by atoms with Gasteiger partial charge < -0.3 is 0 Å². The quantitative estimate of drug-likeness (QED) is 0.461. The third kappa shape index (κ3) is 3.82. The van der Waals surface area contributed by atoms with Crippen LogP contribution >= 0.6 is 0 Å². The van der Waals surface area contributed by atoms with Gasteiger partial charge in [-0.15, -0.1) is 0 Å². The van der Waals surface area contributed by atoms with E-state index < -0.39 is 18.3 Å². The molecule has 0 saturated carbocycles. The maximum absolute atomic E-state index is 12.8. The number of alkyl halides is 3. The van der Waals surface area contributed by atoms with E-state index in [1.165, 1.54) is 4.90 Å². The minimum absolute atomic E-state index is 0.0628. The average molecular weight is 452 g/mol. The first-order chi connectivity index (χ1) is 15.8. The van der Waals surface area contributed by atoms with Crippen LogP contribution in [0.25, 0.3) is 33.7 Å². The smallest absolute Gasteiger partial charge is 0.290 e. The number of pyridine rings is 2. The van der Waals surface area contributed by atoms with Crippen molar-refractivity contribution in [3.8, 4) is 28.8 Å². The second-order valence-electron chi connectivity index (χ2n) is 8.23. The van der Waals surface area contributed by atoms with Crippen molar-refractivity contribution in [3.05, 3.63) is 48.9 Å². The van der Waals surface area contributed by atoms with Crippen LogP contribution in [0.15, 0.2) is 48.9 Å². The Bertz CT molecular complexity index is 1360. The molecule has 0 radical (unpaired) electrons. The Balaban J connectivity index is 1.54. The molecule has 1 fully saturated rings. The summed E-state index contributed by atoms with van der Waals surface area (Å²) in [4.78, 5) is 10.6. The summed E-state index contributed by atoms with van der Waals surface area (Å²) in [7, 11) is 1.82. The Morgan fingerprint density at radius 1 is 1.15 bits per heavy atom. The summed E-state index contributed by atoms with van der Waals surface area (Å²) < 4.78 is 41.6. The van der Waals surface area contributed by atoms with Gasteiger partial charge in [0, 0.05) is 44.1 Å². The minimum atomic E-state index is -4.28. The lowest BCUT2D eigenvalue weighted by molar-refractivity contribution is -0.167. The van der Waals surface area contributed by atoms with Crippen LogP contribution in [0.1, 0.15) is 6.42 Å². The van der Waals surface area contributed by atoms with Gasteiger partial charge in [0.15, 0.2) is 0 Å². The van der Waals surface area contributed by atoms with Crippen molar-refractivity contribution in [2.24, 2.45) is 7.05 Å². The van der Waals surface area contributed by atoms with E-state index in [1.807, 2.05) is 31.3 Å². The van der Waals surface area contributed by atoms with Crippen LogP contribution in [0.2, 0.25) is 0 Å². The topological polar surface area (TPSA) is 88.5 Å². The summed E-state index contributed by atoms with van der Waals surface area (Å²) in [5.41, 5.74) is 2.59. The number of hydrogen-bond donors (Lipinski definition) is 0. The van der Waals surface area contributed by atoms with Crippen LogP contribution in [0.3, 0.4) is 0 Å². The van der Waals surface area contributed by atoms with Gasteiger partial charge in [0.25, 0.3) is 0 Å². The maximum Gasteiger partial charge on any atom is 0.401 e. The highest BCUT2D eigenvalue weighted by molar-refractivity contribution is 5.93. The Kier molecular flexibility index (Phi) is 4.90. The number of nitrogens with zero attached hydrogens (tertiary/aromatic N) is 8. The maximum atomic E-state index is 12.8. The number of aryl methyl sites for hydroxylation is 1. The van der Waals surface area contributed by atoms with Gasteiger partial charge in [-0.2, -0.15) is 28.6 Å². The van der Waals surface area contributed by atoms with Gasteiger partial charge in [-0.1, -0.05) is 0 Å². The zero-order valence-corrected chi connectivity index (χ0v) is 17.7. The van der Waals surface area contributed by atoms with Crippen molar-refractivity contribution < 1.29 is 13.2 Å². The molecule has 1 aliphatic rings. The van der Waals surface area contributed by atoms with E-state index in [2.05, 4.69) is 21.3 Å². The molecular weight excluding hydrogens is 433 g/mol. The summed E-state index contributed by atoms with van der Waals surface area (Å²) in [5.74, 6) is 0. The van der Waals surface area contributed by atoms with Crippen LogP contribution in [-0.4, -0.2) is 60.2 Å². The molecule has 168 valence electrons. The van der Waals surface area contributed by atoms with E-state index in [-0.39, 0.29) is 19.5 Å². The summed E-state index contributed by atoms with van der Waals surface area (Å²) in [5, 5.41) is 19.0. The van der Waals surface area contributed by atoms with E-state index >= 15 is 0 Å². The lowest BCUT2D eigenvalue weighted by Crippen LogP contribution is -2.64. The second-order valence-corrected chi connectivity index (χ2v) is 8.23. The molecule has 0 amide bonds. The fourth-order valence-electron chi connectivity index (χ4n) is 4.38. The lowest BCUT2D eigenvalue weighted by Gasteiger charge is -2.49. The predicted molar refractivity (Wildman–Crippen MR) is 114 cm³/mol. The second kappa shape index (κ2) is 7.67. The van der Waals surface area contributed by atoms with E-state index in [9.17, 15) is 18.4 Å². The zero-order chi connectivity index (χ0) is 23.2. The van der Waals surface area contributed by atoms with Gasteiger partial charge in [-0.3, -0.25) is 19.2 Å². The Hall–Kier alpha value is -3.78. The first-order valence-electron chi connectivity index (χ1n) is 10.2. The third-order valence-electron chi connectivity index (χ3n) is 5.85. The van der Waals surface area contributed by atoms with Crippen molar-refractivity contribution >= 4 is 10.9 Å². The number of likely N-dealkylation sites (tertiary alicyclic amines) is 1. The van der Waals surface area contributed by atoms with Gasteiger partial charge in [-0.25, -0.2) is 4.98 Å². The molecule has 0 atom stereocenters. The standard InChI is InChI=1S/C22H19F3N8/c1-31-19(4-9-28-31)18-11-17-15(3-2-8-27-17)20(29-18)16-5-10-33(30-16)21(6-7-26)12-32(13-21)14-22(23,24)25/h2-5,8-11H,6,12-14H2,1H3. The highest BCUT2D eigenvalue weighted by atomic mass is 19.4. The highest BCUT2D eigenvalue weighted by Gasteiger charge is 2.48. The van der Waals surface area contributed by atoms with Crippen LogP contribution < -0.4 is 0 Å². The van der Waals surface area contributed by atoms with Crippen LogP contribution in [-0.2, 0) is 12.6 Å². The molecule has 33 heavy (non-hydrogen) atoms. The predicted octanol–water partition coefficient (Wildman–Crippen LogP) is 3.38. The van der Waals surface area contributed by atoms with Crippen molar-refractivity contribution in [3.63, 3.8) is 0 Å². The van der Waals surface area contributed by atoms with Crippen LogP contribution in [0.4, 0.5) is 13.2 Å². The van der Waals surface area contributed by atoms with E-state index in [0.29, 0.717) is 17.1 Å². The molecule has 0 aliphatic carbocycles. The molecule has 11 heteroatoms. The molecule has 0 N–H and O–H groups in total. The normalized spacial score (nSPS) is 16.0. The van der Waals surface area contributed by atoms with Gasteiger partial charge in [0.2, 0.25) is 0 Å². The summed E-state index contributed by atoms with van der Waals surface area (Å²) in [6.45, 7) is -0.795. The number of nitriles is 1. The fourth-order valence-corrected chi connectivity index (χ4v) is 4.38. The van der Waals surface area contributed by atoms with Crippen molar-refractivity contribution in [1.29, 1.82) is 5.26 Å². The highest BCUT2D eigenvalue weighted by Crippen LogP contribution is 2.36. The Labute approximate surface area is 186 Å². The molecule has 0 unspecified atom stereocenters. The molecule has 4 aromatic rings. The fraction of sp³-hybridized carbons (Fsp3) is 0.318. The van der Waals surface area contributed by atoms with Crippen molar-refractivity contribution in [1.82, 2.24) is 34.4 Å². The largest absolute Gasteiger partial charge is 0.401 e. The first-order valence-corrected chi connectivity index (χ1v) is 10.2. The molecule has 8 nitrogen and oxygen atoms in total. The zero-order valence-electron chi connectivity index (χ0n) is 17.7. The summed E-state index contributed by atoms with van der Waals surface area (Å²) >= 11 is 0. The first kappa shape index (κ1) is 21.1. The van der Waals surface area contributed by atoms with Crippen LogP contribution in [0.5, 0.6) is 0 Å². The lowest BCUT2D eigenvalue weighted by atomic mass is 9.87. The molecule has 1 saturated heterocycles. The molecule has 4 aromatic heterocycles. The van der Waals surface area contributed by atoms with Crippen LogP contribution in [0, 0.1) is 11.3 Å². The average Bonchev–Trinajstić information content (AvgIpc) is 3.40. The minimum Gasteiger partial charge on any atom is -0.290 e. The number of aromatic nitrogens is 6. The monoisotopic (exact) mass is 452 g/mol. The molecule has 1 aliphatic heterocycles. The molecule has 0 aromatic carbocycles. The summed E-state index contributed by atoms with van der Waals surface area (Å²) in [6, 6.07) is 11.3. The van der Waals surface area contributed by atoms with E-state index in [4.69, 9.17) is 4.98 Å². The Morgan fingerprint density at radius 3 is 2.67 bits per heavy atom. The van der Waals surface area contributed by atoms with Gasteiger partial charge in [-0.05, 0) is 30.3 Å². The number of halogens is 3. The van der Waals surface area contributed by atoms with E-state index in [1.54, 1.807) is 34.0 Å². The van der Waals surface area contributed by atoms with Crippen molar-refractivity contribution in [2.45, 2.75) is 18.1 Å². The number of fused-ring (bicyclic) bond motifs is 1. The van der Waals surface area contributed by atoms with E-state index in [0.717, 1.165) is 16.6 Å². The van der Waals surface area contributed by atoms with Gasteiger partial charge in [0.05, 0.1) is 35.9 Å². The molecule has 0 bridgehead atoms. The molecule has 5 rings (SSSR count). The number of rotatable bonds is 5. The molecule has 0 spiro atoms. The van der Waals surface area contributed by atoms with Gasteiger partial charge in [0.1, 0.15) is 16.9 Å². The van der Waals surface area contributed by atoms with Crippen molar-refractivity contribution in [2.75, 3.05) is 19.6 Å². The third-order valence-corrected chi connectivity index (χ3v) is 5.85. The SMILES string of the molecule is Cn1nccc1-c1cc2ncccc2c(-c2ccn(C3(CC#N)CN(CC(F)(F)F)C3)n2)n1. The molecule has 5 heterocycles. The number of hydrogen-bond acceptors (Lipinski definition) is 6. The molecular formula is C22H19F3N8. The van der Waals surface area contributed by atoms with Gasteiger partial charge >= 0.3 is 6.18 Å².